The summed E-state index contributed by atoms with van der Waals surface area (Å²) >= 11 is 0. The molecule has 1 aliphatic rings. The first kappa shape index (κ1) is 20.4. The predicted octanol–water partition coefficient (Wildman–Crippen LogP) is 6.66. The Hall–Kier alpha value is -2.32. The molecule has 0 saturated heterocycles. The van der Waals surface area contributed by atoms with Gasteiger partial charge in [-0.1, -0.05) is 65.8 Å². The fourth-order valence-corrected chi connectivity index (χ4v) is 3.76. The summed E-state index contributed by atoms with van der Waals surface area (Å²) in [6.45, 7) is 2.95. The van der Waals surface area contributed by atoms with Crippen LogP contribution in [0.5, 0.6) is 5.75 Å². The number of benzene rings is 2. The zero-order valence-corrected chi connectivity index (χ0v) is 17.2. The topological polar surface area (TPSA) is 18.5 Å². The molecule has 3 rings (SSSR count). The number of hydrogen-bond donors (Lipinski definition) is 0. The van der Waals surface area contributed by atoms with Gasteiger partial charge in [-0.3, -0.25) is 0 Å². The van der Waals surface area contributed by atoms with E-state index in [0.29, 0.717) is 6.61 Å². The van der Waals surface area contributed by atoms with Crippen molar-refractivity contribution in [2.45, 2.75) is 58.2 Å². The quantitative estimate of drug-likeness (QED) is 0.432. The molecule has 0 bridgehead atoms. The van der Waals surface area contributed by atoms with Crippen LogP contribution >= 0.6 is 0 Å². The van der Waals surface area contributed by atoms with E-state index in [0.717, 1.165) is 25.0 Å². The predicted molar refractivity (Wildman–Crippen MR) is 117 cm³/mol. The molecule has 2 nitrogen and oxygen atoms in total. The van der Waals surface area contributed by atoms with E-state index in [9.17, 15) is 0 Å². The molecule has 0 radical (unpaired) electrons. The third kappa shape index (κ3) is 6.38. The van der Waals surface area contributed by atoms with Gasteiger partial charge in [-0.05, 0) is 68.7 Å². The van der Waals surface area contributed by atoms with Crippen LogP contribution in [-0.2, 0) is 17.8 Å². The molecule has 0 amide bonds. The smallest absolute Gasteiger partial charge is 0.119 e. The summed E-state index contributed by atoms with van der Waals surface area (Å²) in [6.07, 6.45) is 11.5. The molecule has 1 aliphatic carbocycles. The normalized spacial score (nSPS) is 15.4. The zero-order valence-electron chi connectivity index (χ0n) is 17.2. The van der Waals surface area contributed by atoms with Crippen molar-refractivity contribution < 1.29 is 9.47 Å². The highest BCUT2D eigenvalue weighted by atomic mass is 16.5. The van der Waals surface area contributed by atoms with E-state index in [4.69, 9.17) is 9.47 Å². The minimum atomic E-state index is 0.147. The third-order valence-electron chi connectivity index (χ3n) is 5.47. The Balaban J connectivity index is 1.57. The van der Waals surface area contributed by atoms with Gasteiger partial charge >= 0.3 is 0 Å². The lowest BCUT2D eigenvalue weighted by Crippen LogP contribution is -2.11. The highest BCUT2D eigenvalue weighted by molar-refractivity contribution is 5.28. The van der Waals surface area contributed by atoms with Gasteiger partial charge in [0.15, 0.2) is 0 Å². The molecule has 0 aromatic heterocycles. The minimum absolute atomic E-state index is 0.147. The summed E-state index contributed by atoms with van der Waals surface area (Å²) in [6, 6.07) is 18.8. The summed E-state index contributed by atoms with van der Waals surface area (Å²) in [5.41, 5.74) is 5.70. The monoisotopic (exact) mass is 376 g/mol. The number of aryl methyl sites for hydroxylation is 1. The molecule has 148 valence electrons. The Labute approximate surface area is 169 Å². The maximum atomic E-state index is 6.29. The van der Waals surface area contributed by atoms with Gasteiger partial charge in [0.25, 0.3) is 0 Å². The van der Waals surface area contributed by atoms with Crippen molar-refractivity contribution in [1.82, 2.24) is 0 Å². The molecular formula is C26H32O2. The SMILES string of the molecule is COc1cccc(CCC=CC(CC2=C(C)CCC2)OCc2ccccc2)c1. The van der Waals surface area contributed by atoms with Crippen molar-refractivity contribution in [3.05, 3.63) is 89.0 Å². The van der Waals surface area contributed by atoms with Crippen LogP contribution in [0.15, 0.2) is 77.9 Å². The Morgan fingerprint density at radius 1 is 1.00 bits per heavy atom. The first-order valence-corrected chi connectivity index (χ1v) is 10.4. The maximum Gasteiger partial charge on any atom is 0.119 e. The van der Waals surface area contributed by atoms with Crippen LogP contribution in [0.1, 0.15) is 50.2 Å². The van der Waals surface area contributed by atoms with Gasteiger partial charge in [0, 0.05) is 0 Å². The lowest BCUT2D eigenvalue weighted by Gasteiger charge is -2.16. The van der Waals surface area contributed by atoms with Crippen LogP contribution < -0.4 is 4.74 Å². The zero-order chi connectivity index (χ0) is 19.6. The second-order valence-electron chi connectivity index (χ2n) is 7.59. The van der Waals surface area contributed by atoms with Crippen molar-refractivity contribution in [3.63, 3.8) is 0 Å². The molecule has 2 heteroatoms. The Morgan fingerprint density at radius 3 is 2.57 bits per heavy atom. The van der Waals surface area contributed by atoms with E-state index in [-0.39, 0.29) is 6.10 Å². The van der Waals surface area contributed by atoms with E-state index in [2.05, 4.69) is 61.5 Å². The number of rotatable bonds is 10. The standard InChI is InChI=1S/C26H32O2/c1-21-10-8-15-24(21)19-26(28-20-23-12-4-3-5-13-23)16-7-6-11-22-14-9-17-25(18-22)27-2/h3-5,7,9,12-14,16-18,26H,6,8,10-11,15,19-20H2,1-2H3. The van der Waals surface area contributed by atoms with Gasteiger partial charge < -0.3 is 9.47 Å². The van der Waals surface area contributed by atoms with Gasteiger partial charge in [-0.15, -0.1) is 0 Å². The molecule has 0 N–H and O–H groups in total. The first-order chi connectivity index (χ1) is 13.7. The van der Waals surface area contributed by atoms with Gasteiger partial charge in [-0.2, -0.15) is 0 Å². The van der Waals surface area contributed by atoms with Gasteiger partial charge in [0.2, 0.25) is 0 Å². The van der Waals surface area contributed by atoms with Gasteiger partial charge in [-0.25, -0.2) is 0 Å². The second-order valence-corrected chi connectivity index (χ2v) is 7.59. The van der Waals surface area contributed by atoms with Gasteiger partial charge in [0.05, 0.1) is 19.8 Å². The van der Waals surface area contributed by atoms with Crippen LogP contribution in [0.25, 0.3) is 0 Å². The Kier molecular flexibility index (Phi) is 7.93. The van der Waals surface area contributed by atoms with E-state index in [1.54, 1.807) is 18.3 Å². The van der Waals surface area contributed by atoms with Crippen molar-refractivity contribution in [2.24, 2.45) is 0 Å². The summed E-state index contributed by atoms with van der Waals surface area (Å²) in [5, 5.41) is 0. The molecule has 0 aliphatic heterocycles. The van der Waals surface area contributed by atoms with Crippen molar-refractivity contribution in [1.29, 1.82) is 0 Å². The Bertz CT molecular complexity index is 789. The number of allylic oxidation sites excluding steroid dienone is 2. The largest absolute Gasteiger partial charge is 0.497 e. The molecule has 0 saturated carbocycles. The number of methoxy groups -OCH3 is 1. The highest BCUT2D eigenvalue weighted by Gasteiger charge is 2.15. The molecule has 2 aromatic rings. The fraction of sp³-hybridized carbons (Fsp3) is 0.385. The van der Waals surface area contributed by atoms with E-state index < -0.39 is 0 Å². The molecule has 28 heavy (non-hydrogen) atoms. The molecule has 0 spiro atoms. The molecule has 2 aromatic carbocycles. The lowest BCUT2D eigenvalue weighted by atomic mass is 10.0. The van der Waals surface area contributed by atoms with Gasteiger partial charge in [0.1, 0.15) is 5.75 Å². The Morgan fingerprint density at radius 2 is 1.82 bits per heavy atom. The maximum absolute atomic E-state index is 6.29. The second kappa shape index (κ2) is 10.9. The summed E-state index contributed by atoms with van der Waals surface area (Å²) in [4.78, 5) is 0. The molecule has 1 atom stereocenters. The van der Waals surface area contributed by atoms with Crippen LogP contribution in [-0.4, -0.2) is 13.2 Å². The van der Waals surface area contributed by atoms with Crippen LogP contribution in [0.3, 0.4) is 0 Å². The lowest BCUT2D eigenvalue weighted by molar-refractivity contribution is 0.0717. The van der Waals surface area contributed by atoms with Crippen LogP contribution in [0, 0.1) is 0 Å². The molecule has 0 heterocycles. The van der Waals surface area contributed by atoms with E-state index in [1.807, 2.05) is 12.1 Å². The average molecular weight is 377 g/mol. The molecule has 1 unspecified atom stereocenters. The van der Waals surface area contributed by atoms with Crippen LogP contribution in [0.4, 0.5) is 0 Å². The van der Waals surface area contributed by atoms with Crippen molar-refractivity contribution >= 4 is 0 Å². The van der Waals surface area contributed by atoms with E-state index >= 15 is 0 Å². The highest BCUT2D eigenvalue weighted by Crippen LogP contribution is 2.30. The number of hydrogen-bond acceptors (Lipinski definition) is 2. The molecule has 0 fully saturated rings. The van der Waals surface area contributed by atoms with Crippen LogP contribution in [0.2, 0.25) is 0 Å². The van der Waals surface area contributed by atoms with E-state index in [1.165, 1.54) is 30.4 Å². The average Bonchev–Trinajstić information content (AvgIpc) is 3.14. The minimum Gasteiger partial charge on any atom is -0.497 e. The summed E-state index contributed by atoms with van der Waals surface area (Å²) in [7, 11) is 1.72. The summed E-state index contributed by atoms with van der Waals surface area (Å²) < 4.78 is 11.6. The van der Waals surface area contributed by atoms with Crippen molar-refractivity contribution in [3.8, 4) is 5.75 Å². The first-order valence-electron chi connectivity index (χ1n) is 10.4. The number of ether oxygens (including phenoxy) is 2. The van der Waals surface area contributed by atoms with Crippen molar-refractivity contribution in [2.75, 3.05) is 7.11 Å². The summed E-state index contributed by atoms with van der Waals surface area (Å²) in [5.74, 6) is 0.925. The third-order valence-corrected chi connectivity index (χ3v) is 5.47. The fourth-order valence-electron chi connectivity index (χ4n) is 3.76. The molecular weight excluding hydrogens is 344 g/mol.